The highest BCUT2D eigenvalue weighted by molar-refractivity contribution is 9.12. The summed E-state index contributed by atoms with van der Waals surface area (Å²) >= 11 is 6.76. The molecule has 88 valence electrons. The predicted octanol–water partition coefficient (Wildman–Crippen LogP) is 2.74. The average Bonchev–Trinajstić information content (AvgIpc) is 2.10. The van der Waals surface area contributed by atoms with E-state index >= 15 is 0 Å². The maximum atomic E-state index is 11.9. The van der Waals surface area contributed by atoms with Crippen LogP contribution in [-0.4, -0.2) is 27.8 Å². The van der Waals surface area contributed by atoms with Crippen LogP contribution in [-0.2, 0) is 4.79 Å². The maximum Gasteiger partial charge on any atom is 0.471 e. The van der Waals surface area contributed by atoms with Crippen LogP contribution in [0.15, 0.2) is 0 Å². The summed E-state index contributed by atoms with van der Waals surface area (Å²) in [6, 6.07) is -0.391. The molecular formula is C8H10Br2F3NO. The van der Waals surface area contributed by atoms with E-state index in [-0.39, 0.29) is 9.65 Å². The van der Waals surface area contributed by atoms with E-state index in [1.54, 1.807) is 0 Å². The van der Waals surface area contributed by atoms with Crippen LogP contribution < -0.4 is 5.32 Å². The second-order valence-corrected chi connectivity index (χ2v) is 5.87. The van der Waals surface area contributed by atoms with Gasteiger partial charge in [0, 0.05) is 15.7 Å². The average molecular weight is 353 g/mol. The zero-order chi connectivity index (χ0) is 11.6. The fraction of sp³-hybridized carbons (Fsp3) is 0.875. The van der Waals surface area contributed by atoms with E-state index in [4.69, 9.17) is 0 Å². The fourth-order valence-electron chi connectivity index (χ4n) is 1.48. The van der Waals surface area contributed by atoms with Gasteiger partial charge in [-0.25, -0.2) is 0 Å². The van der Waals surface area contributed by atoms with Gasteiger partial charge in [-0.15, -0.1) is 0 Å². The van der Waals surface area contributed by atoms with Crippen LogP contribution >= 0.6 is 31.9 Å². The Kier molecular flexibility index (Phi) is 4.46. The molecule has 2 nitrogen and oxygen atoms in total. The van der Waals surface area contributed by atoms with Crippen LogP contribution in [0, 0.1) is 0 Å². The van der Waals surface area contributed by atoms with Crippen molar-refractivity contribution in [1.82, 2.24) is 5.32 Å². The minimum Gasteiger partial charge on any atom is -0.346 e. The number of hydrogen-bond donors (Lipinski definition) is 1. The highest BCUT2D eigenvalue weighted by Crippen LogP contribution is 2.30. The molecule has 1 aliphatic carbocycles. The van der Waals surface area contributed by atoms with Gasteiger partial charge >= 0.3 is 12.1 Å². The summed E-state index contributed by atoms with van der Waals surface area (Å²) < 4.78 is 35.8. The summed E-state index contributed by atoms with van der Waals surface area (Å²) in [5, 5.41) is 2.00. The third kappa shape index (κ3) is 3.94. The molecule has 7 heteroatoms. The first-order valence-corrected chi connectivity index (χ1v) is 6.29. The first-order valence-electron chi connectivity index (χ1n) is 4.46. The number of halogens is 5. The lowest BCUT2D eigenvalue weighted by Crippen LogP contribution is -2.46. The largest absolute Gasteiger partial charge is 0.471 e. The summed E-state index contributed by atoms with van der Waals surface area (Å²) in [6.45, 7) is 0. The van der Waals surface area contributed by atoms with E-state index in [9.17, 15) is 18.0 Å². The minimum absolute atomic E-state index is 0.102. The van der Waals surface area contributed by atoms with Crippen molar-refractivity contribution in [1.29, 1.82) is 0 Å². The molecule has 0 radical (unpaired) electrons. The number of rotatable bonds is 1. The van der Waals surface area contributed by atoms with Crippen LogP contribution in [0.3, 0.4) is 0 Å². The Balaban J connectivity index is 2.44. The lowest BCUT2D eigenvalue weighted by atomic mass is 9.95. The molecule has 0 heterocycles. The van der Waals surface area contributed by atoms with Gasteiger partial charge in [0.05, 0.1) is 0 Å². The molecule has 0 aliphatic heterocycles. The minimum atomic E-state index is -4.78. The van der Waals surface area contributed by atoms with E-state index in [0.717, 1.165) is 6.42 Å². The van der Waals surface area contributed by atoms with Gasteiger partial charge in [-0.1, -0.05) is 31.9 Å². The molecule has 0 aromatic heterocycles. The molecule has 15 heavy (non-hydrogen) atoms. The lowest BCUT2D eigenvalue weighted by molar-refractivity contribution is -0.174. The SMILES string of the molecule is O=C(N[C@H]1CCC(Br)C(Br)C1)C(F)(F)F. The Bertz CT molecular complexity index is 247. The Hall–Kier alpha value is 0.220. The van der Waals surface area contributed by atoms with Crippen molar-refractivity contribution in [2.24, 2.45) is 0 Å². The lowest BCUT2D eigenvalue weighted by Gasteiger charge is -2.30. The molecular weight excluding hydrogens is 343 g/mol. The van der Waals surface area contributed by atoms with Gasteiger partial charge in [0.1, 0.15) is 0 Å². The molecule has 1 N–H and O–H groups in total. The van der Waals surface area contributed by atoms with Crippen molar-refractivity contribution in [2.45, 2.75) is 41.1 Å². The number of hydrogen-bond acceptors (Lipinski definition) is 1. The van der Waals surface area contributed by atoms with Gasteiger partial charge in [0.2, 0.25) is 0 Å². The summed E-state index contributed by atoms with van der Waals surface area (Å²) in [6.07, 6.45) is -2.96. The summed E-state index contributed by atoms with van der Waals surface area (Å²) in [7, 11) is 0. The highest BCUT2D eigenvalue weighted by Gasteiger charge is 2.40. The van der Waals surface area contributed by atoms with Crippen LogP contribution in [0.4, 0.5) is 13.2 Å². The third-order valence-electron chi connectivity index (χ3n) is 2.29. The first kappa shape index (κ1) is 13.3. The monoisotopic (exact) mass is 351 g/mol. The highest BCUT2D eigenvalue weighted by atomic mass is 79.9. The van der Waals surface area contributed by atoms with Gasteiger partial charge in [-0.2, -0.15) is 13.2 Å². The topological polar surface area (TPSA) is 29.1 Å². The van der Waals surface area contributed by atoms with Gasteiger partial charge < -0.3 is 5.32 Å². The van der Waals surface area contributed by atoms with Crippen molar-refractivity contribution < 1.29 is 18.0 Å². The van der Waals surface area contributed by atoms with Gasteiger partial charge in [0.25, 0.3) is 0 Å². The van der Waals surface area contributed by atoms with Crippen LogP contribution in [0.2, 0.25) is 0 Å². The zero-order valence-electron chi connectivity index (χ0n) is 7.65. The van der Waals surface area contributed by atoms with Crippen LogP contribution in [0.25, 0.3) is 0 Å². The second-order valence-electron chi connectivity index (χ2n) is 3.51. The number of nitrogens with one attached hydrogen (secondary N) is 1. The normalized spacial score (nSPS) is 32.5. The summed E-state index contributed by atoms with van der Waals surface area (Å²) in [5.41, 5.74) is 0. The molecule has 0 saturated heterocycles. The summed E-state index contributed by atoms with van der Waals surface area (Å²) in [5.74, 6) is -1.85. The van der Waals surface area contributed by atoms with Gasteiger partial charge in [0.15, 0.2) is 0 Å². The molecule has 1 rings (SSSR count). The van der Waals surface area contributed by atoms with E-state index in [1.807, 2.05) is 5.32 Å². The number of amides is 1. The number of carbonyl (C=O) groups is 1. The van der Waals surface area contributed by atoms with Crippen molar-refractivity contribution in [2.75, 3.05) is 0 Å². The van der Waals surface area contributed by atoms with Crippen molar-refractivity contribution in [3.05, 3.63) is 0 Å². The molecule has 0 spiro atoms. The first-order chi connectivity index (χ1) is 6.80. The van der Waals surface area contributed by atoms with Crippen molar-refractivity contribution in [3.8, 4) is 0 Å². The predicted molar refractivity (Wildman–Crippen MR) is 57.3 cm³/mol. The maximum absolute atomic E-state index is 11.9. The molecule has 3 atom stereocenters. The Morgan fingerprint density at radius 1 is 1.20 bits per heavy atom. The van der Waals surface area contributed by atoms with Gasteiger partial charge in [-0.3, -0.25) is 4.79 Å². The molecule has 1 fully saturated rings. The van der Waals surface area contributed by atoms with E-state index in [0.29, 0.717) is 12.8 Å². The summed E-state index contributed by atoms with van der Waals surface area (Å²) in [4.78, 5) is 11.0. The number of carbonyl (C=O) groups excluding carboxylic acids is 1. The van der Waals surface area contributed by atoms with E-state index in [1.165, 1.54) is 0 Å². The Labute approximate surface area is 102 Å². The van der Waals surface area contributed by atoms with Crippen LogP contribution in [0.1, 0.15) is 19.3 Å². The zero-order valence-corrected chi connectivity index (χ0v) is 10.8. The third-order valence-corrected chi connectivity index (χ3v) is 5.10. The molecule has 1 amide bonds. The van der Waals surface area contributed by atoms with E-state index < -0.39 is 18.1 Å². The second kappa shape index (κ2) is 5.03. The standard InChI is InChI=1S/C8H10Br2F3NO/c9-5-2-1-4(3-6(5)10)14-7(15)8(11,12)13/h4-6H,1-3H2,(H,14,15)/t4-,5?,6?/m0/s1. The Morgan fingerprint density at radius 3 is 2.27 bits per heavy atom. The smallest absolute Gasteiger partial charge is 0.346 e. The molecule has 0 aromatic rings. The molecule has 0 aromatic carbocycles. The van der Waals surface area contributed by atoms with Crippen molar-refractivity contribution in [3.63, 3.8) is 0 Å². The quantitative estimate of drug-likeness (QED) is 0.722. The fourth-order valence-corrected chi connectivity index (χ4v) is 2.67. The molecule has 1 aliphatic rings. The molecule has 0 bridgehead atoms. The Morgan fingerprint density at radius 2 is 1.80 bits per heavy atom. The van der Waals surface area contributed by atoms with Crippen molar-refractivity contribution >= 4 is 37.8 Å². The molecule has 2 unspecified atom stereocenters. The number of alkyl halides is 5. The van der Waals surface area contributed by atoms with Crippen LogP contribution in [0.5, 0.6) is 0 Å². The van der Waals surface area contributed by atoms with Gasteiger partial charge in [-0.05, 0) is 19.3 Å². The molecule has 1 saturated carbocycles. The van der Waals surface area contributed by atoms with E-state index in [2.05, 4.69) is 31.9 Å².